The molecule has 28 heavy (non-hydrogen) atoms. The Labute approximate surface area is 165 Å². The minimum Gasteiger partial charge on any atom is -0.497 e. The monoisotopic (exact) mass is 421 g/mol. The van der Waals surface area contributed by atoms with Crippen LogP contribution in [-0.2, 0) is 10.0 Å². The maximum Gasteiger partial charge on any atom is 0.244 e. The zero-order valence-corrected chi connectivity index (χ0v) is 16.4. The molecule has 0 spiro atoms. The minimum absolute atomic E-state index is 0.00273. The van der Waals surface area contributed by atoms with Crippen LogP contribution in [0.4, 0.5) is 4.39 Å². The molecule has 4 rings (SSSR count). The number of ether oxygens (including phenoxy) is 1. The van der Waals surface area contributed by atoms with E-state index in [1.54, 1.807) is 19.2 Å². The van der Waals surface area contributed by atoms with Gasteiger partial charge in [0.25, 0.3) is 0 Å². The first-order valence-electron chi connectivity index (χ1n) is 8.31. The van der Waals surface area contributed by atoms with Gasteiger partial charge < -0.3 is 4.74 Å². The molecule has 0 bridgehead atoms. The Hall–Kier alpha value is -2.50. The van der Waals surface area contributed by atoms with Crippen molar-refractivity contribution in [1.82, 2.24) is 24.9 Å². The lowest BCUT2D eigenvalue weighted by Crippen LogP contribution is -2.30. The van der Waals surface area contributed by atoms with E-state index in [0.717, 1.165) is 11.6 Å². The predicted molar refractivity (Wildman–Crippen MR) is 102 cm³/mol. The molecular formula is C17H16FN5O3S2. The summed E-state index contributed by atoms with van der Waals surface area (Å²) in [7, 11) is -2.28. The van der Waals surface area contributed by atoms with Crippen molar-refractivity contribution in [2.24, 2.45) is 0 Å². The van der Waals surface area contributed by atoms with Crippen LogP contribution in [0.15, 0.2) is 47.4 Å². The quantitative estimate of drug-likeness (QED) is 0.675. The summed E-state index contributed by atoms with van der Waals surface area (Å²) >= 11 is 1.54. The molecule has 11 heteroatoms. The summed E-state index contributed by atoms with van der Waals surface area (Å²) in [4.78, 5) is -0.0188. The van der Waals surface area contributed by atoms with Gasteiger partial charge in [-0.1, -0.05) is 12.1 Å². The Morgan fingerprint density at radius 3 is 2.71 bits per heavy atom. The fourth-order valence-electron chi connectivity index (χ4n) is 2.98. The fourth-order valence-corrected chi connectivity index (χ4v) is 6.25. The topological polar surface area (TPSA) is 101 Å². The summed E-state index contributed by atoms with van der Waals surface area (Å²) in [5, 5.41) is 12.7. The number of nitrogens with zero attached hydrogens (tertiary/aromatic N) is 4. The van der Waals surface area contributed by atoms with Crippen LogP contribution in [0.3, 0.4) is 0 Å². The number of aromatic amines is 1. The highest BCUT2D eigenvalue weighted by Crippen LogP contribution is 2.42. The van der Waals surface area contributed by atoms with Gasteiger partial charge in [0.2, 0.25) is 15.8 Å². The number of hydrogen-bond donors (Lipinski definition) is 1. The molecule has 0 radical (unpaired) electrons. The van der Waals surface area contributed by atoms with Crippen LogP contribution < -0.4 is 4.74 Å². The highest BCUT2D eigenvalue weighted by atomic mass is 32.2. The second-order valence-corrected chi connectivity index (χ2v) is 9.07. The Bertz CT molecular complexity index is 1070. The van der Waals surface area contributed by atoms with Crippen molar-refractivity contribution in [2.75, 3.05) is 19.4 Å². The lowest BCUT2D eigenvalue weighted by atomic mass is 10.2. The molecule has 1 aromatic heterocycles. The summed E-state index contributed by atoms with van der Waals surface area (Å²) in [5.74, 6) is 0.735. The standard InChI is InChI=1S/C17H16FN5O3S2/c1-26-12-4-2-11(3-5-12)17-23(8-9-27-17)28(24,25)13-6-7-15(18)14(10-13)16-19-21-22-20-16/h2-7,10,17H,8-9H2,1H3,(H,19,20,21,22). The Morgan fingerprint density at radius 1 is 1.25 bits per heavy atom. The Balaban J connectivity index is 1.70. The molecular weight excluding hydrogens is 405 g/mol. The zero-order chi connectivity index (χ0) is 19.7. The molecule has 0 amide bonds. The average Bonchev–Trinajstić information content (AvgIpc) is 3.40. The molecule has 0 saturated carbocycles. The van der Waals surface area contributed by atoms with Gasteiger partial charge in [0.1, 0.15) is 11.6 Å². The number of thioether (sulfide) groups is 1. The third kappa shape index (κ3) is 3.36. The molecule has 3 aromatic rings. The van der Waals surface area contributed by atoms with Gasteiger partial charge in [-0.05, 0) is 41.1 Å². The zero-order valence-electron chi connectivity index (χ0n) is 14.7. The normalized spacial score (nSPS) is 17.7. The Kier molecular flexibility index (Phi) is 5.04. The second-order valence-electron chi connectivity index (χ2n) is 5.99. The third-order valence-corrected chi connectivity index (χ3v) is 7.64. The van der Waals surface area contributed by atoms with Crippen LogP contribution in [0, 0.1) is 5.82 Å². The summed E-state index contributed by atoms with van der Waals surface area (Å²) in [5.41, 5.74) is 0.829. The maximum atomic E-state index is 14.2. The van der Waals surface area contributed by atoms with E-state index < -0.39 is 15.8 Å². The molecule has 146 valence electrons. The van der Waals surface area contributed by atoms with E-state index in [0.29, 0.717) is 18.0 Å². The number of rotatable bonds is 5. The molecule has 0 aliphatic carbocycles. The van der Waals surface area contributed by atoms with Crippen LogP contribution >= 0.6 is 11.8 Å². The predicted octanol–water partition coefficient (Wildman–Crippen LogP) is 2.45. The van der Waals surface area contributed by atoms with Gasteiger partial charge in [-0.3, -0.25) is 0 Å². The molecule has 1 saturated heterocycles. The van der Waals surface area contributed by atoms with Gasteiger partial charge in [0, 0.05) is 12.3 Å². The van der Waals surface area contributed by atoms with Gasteiger partial charge >= 0.3 is 0 Å². The minimum atomic E-state index is -3.85. The SMILES string of the molecule is COc1ccc(C2SCCN2S(=O)(=O)c2ccc(F)c(-c3nn[nH]n3)c2)cc1. The smallest absolute Gasteiger partial charge is 0.244 e. The lowest BCUT2D eigenvalue weighted by Gasteiger charge is -2.24. The summed E-state index contributed by atoms with van der Waals surface area (Å²) in [6, 6.07) is 10.9. The van der Waals surface area contributed by atoms with Gasteiger partial charge in [0.05, 0.1) is 22.9 Å². The van der Waals surface area contributed by atoms with E-state index in [2.05, 4.69) is 20.6 Å². The van der Waals surface area contributed by atoms with E-state index in [1.165, 1.54) is 28.2 Å². The molecule has 1 aliphatic heterocycles. The van der Waals surface area contributed by atoms with Crippen molar-refractivity contribution >= 4 is 21.8 Å². The number of H-pyrrole nitrogens is 1. The number of tetrazole rings is 1. The van der Waals surface area contributed by atoms with Crippen molar-refractivity contribution in [3.63, 3.8) is 0 Å². The van der Waals surface area contributed by atoms with E-state index in [-0.39, 0.29) is 21.7 Å². The van der Waals surface area contributed by atoms with Crippen LogP contribution in [0.1, 0.15) is 10.9 Å². The second kappa shape index (κ2) is 7.49. The van der Waals surface area contributed by atoms with Crippen LogP contribution in [0.25, 0.3) is 11.4 Å². The van der Waals surface area contributed by atoms with Crippen molar-refractivity contribution in [2.45, 2.75) is 10.3 Å². The number of sulfonamides is 1. The Morgan fingerprint density at radius 2 is 2.04 bits per heavy atom. The van der Waals surface area contributed by atoms with Gasteiger partial charge in [-0.2, -0.15) is 9.52 Å². The summed E-state index contributed by atoms with van der Waals surface area (Å²) in [6.07, 6.45) is 0. The fraction of sp³-hybridized carbons (Fsp3) is 0.235. The largest absolute Gasteiger partial charge is 0.497 e. The number of hydrogen-bond acceptors (Lipinski definition) is 7. The maximum absolute atomic E-state index is 14.2. The average molecular weight is 421 g/mol. The van der Waals surface area contributed by atoms with Crippen LogP contribution in [0.2, 0.25) is 0 Å². The molecule has 1 aliphatic rings. The molecule has 1 unspecified atom stereocenters. The molecule has 2 heterocycles. The van der Waals surface area contributed by atoms with E-state index in [1.807, 2.05) is 12.1 Å². The van der Waals surface area contributed by atoms with E-state index in [9.17, 15) is 12.8 Å². The van der Waals surface area contributed by atoms with Crippen LogP contribution in [-0.4, -0.2) is 52.8 Å². The highest BCUT2D eigenvalue weighted by Gasteiger charge is 2.37. The van der Waals surface area contributed by atoms with Crippen molar-refractivity contribution in [1.29, 1.82) is 0 Å². The first kappa shape index (κ1) is 18.8. The lowest BCUT2D eigenvalue weighted by molar-refractivity contribution is 0.413. The van der Waals surface area contributed by atoms with Gasteiger partial charge in [0.15, 0.2) is 0 Å². The number of nitrogens with one attached hydrogen (secondary N) is 1. The first-order chi connectivity index (χ1) is 13.5. The molecule has 1 atom stereocenters. The van der Waals surface area contributed by atoms with Crippen molar-refractivity contribution in [3.05, 3.63) is 53.8 Å². The number of methoxy groups -OCH3 is 1. The number of benzene rings is 2. The van der Waals surface area contributed by atoms with Crippen LogP contribution in [0.5, 0.6) is 5.75 Å². The summed E-state index contributed by atoms with van der Waals surface area (Å²) in [6.45, 7) is 0.360. The molecule has 1 fully saturated rings. The van der Waals surface area contributed by atoms with Gasteiger partial charge in [-0.15, -0.1) is 22.0 Å². The van der Waals surface area contributed by atoms with Crippen molar-refractivity contribution < 1.29 is 17.5 Å². The molecule has 8 nitrogen and oxygen atoms in total. The first-order valence-corrected chi connectivity index (χ1v) is 10.8. The number of halogens is 1. The van der Waals surface area contributed by atoms with Crippen molar-refractivity contribution in [3.8, 4) is 17.1 Å². The third-order valence-electron chi connectivity index (χ3n) is 4.38. The molecule has 2 aromatic carbocycles. The number of aromatic nitrogens is 4. The highest BCUT2D eigenvalue weighted by molar-refractivity contribution is 8.01. The molecule has 1 N–H and O–H groups in total. The van der Waals surface area contributed by atoms with E-state index >= 15 is 0 Å². The summed E-state index contributed by atoms with van der Waals surface area (Å²) < 4.78 is 47.3. The van der Waals surface area contributed by atoms with E-state index in [4.69, 9.17) is 4.74 Å². The van der Waals surface area contributed by atoms with Gasteiger partial charge in [-0.25, -0.2) is 12.8 Å².